The number of carboxylic acids is 1. The van der Waals surface area contributed by atoms with Crippen LogP contribution >= 0.6 is 20.2 Å². The van der Waals surface area contributed by atoms with Gasteiger partial charge in [0.2, 0.25) is 5.91 Å². The normalized spacial score (nSPS) is 19.2. The lowest BCUT2D eigenvalue weighted by molar-refractivity contribution is -0.147. The van der Waals surface area contributed by atoms with Gasteiger partial charge in [-0.15, -0.1) is 12.4 Å². The zero-order valence-corrected chi connectivity index (χ0v) is 16.1. The molecule has 0 aliphatic carbocycles. The molecule has 0 radical (unpaired) electrons. The summed E-state index contributed by atoms with van der Waals surface area (Å²) in [5.41, 5.74) is 0. The molecule has 0 spiro atoms. The Hall–Kier alpha value is -1.89. The summed E-state index contributed by atoms with van der Waals surface area (Å²) in [5.74, 6) is -4.96. The van der Waals surface area contributed by atoms with E-state index >= 15 is 0 Å². The van der Waals surface area contributed by atoms with Crippen LogP contribution in [0.2, 0.25) is 0 Å². The number of rotatable bonds is 12. The molecule has 0 aromatic rings. The predicted molar refractivity (Wildman–Crippen MR) is 91.2 cm³/mol. The standard InChI is InChI=1S/C13H20NO12P.ClH/c15-6-7(16)11-10(20)12(13(21)25-11)26-27(22,23)24-5-1-4-14-8(17)2-3-9(18)19;/h7,11,15-16,20H,1-6H2,(H,14,17)(H,18,19)(H,22,23);1H/t7-,11?;/m0./s1. The molecular formula is C13H21ClNO12P. The lowest BCUT2D eigenvalue weighted by Gasteiger charge is -2.14. The zero-order valence-electron chi connectivity index (χ0n) is 14.3. The predicted octanol–water partition coefficient (Wildman–Crippen LogP) is -1.04. The van der Waals surface area contributed by atoms with E-state index in [4.69, 9.17) is 10.2 Å². The maximum atomic E-state index is 11.8. The quantitative estimate of drug-likeness (QED) is 0.120. The summed E-state index contributed by atoms with van der Waals surface area (Å²) in [6.45, 7) is -1.20. The number of aliphatic hydroxyl groups is 3. The van der Waals surface area contributed by atoms with Crippen molar-refractivity contribution in [3.8, 4) is 0 Å². The smallest absolute Gasteiger partial charge is 0.505 e. The number of hydrogen-bond donors (Lipinski definition) is 6. The Morgan fingerprint density at radius 2 is 1.96 bits per heavy atom. The van der Waals surface area contributed by atoms with E-state index < -0.39 is 56.0 Å². The Morgan fingerprint density at radius 3 is 2.54 bits per heavy atom. The van der Waals surface area contributed by atoms with Crippen molar-refractivity contribution in [2.24, 2.45) is 0 Å². The first kappa shape index (κ1) is 26.1. The lowest BCUT2D eigenvalue weighted by Crippen LogP contribution is -2.31. The molecule has 2 unspecified atom stereocenters. The van der Waals surface area contributed by atoms with Crippen molar-refractivity contribution in [3.63, 3.8) is 0 Å². The summed E-state index contributed by atoms with van der Waals surface area (Å²) >= 11 is 0. The fraction of sp³-hybridized carbons (Fsp3) is 0.615. The number of carbonyl (C=O) groups is 3. The van der Waals surface area contributed by atoms with Gasteiger partial charge in [-0.25, -0.2) is 9.36 Å². The number of halogens is 1. The molecule has 13 nitrogen and oxygen atoms in total. The van der Waals surface area contributed by atoms with Crippen LogP contribution in [0.3, 0.4) is 0 Å². The van der Waals surface area contributed by atoms with Crippen molar-refractivity contribution < 1.29 is 58.1 Å². The van der Waals surface area contributed by atoms with Crippen molar-refractivity contribution in [2.75, 3.05) is 19.8 Å². The number of aliphatic carboxylic acids is 1. The molecule has 0 aromatic carbocycles. The second-order valence-corrected chi connectivity index (χ2v) is 6.66. The third-order valence-electron chi connectivity index (χ3n) is 3.13. The topological polar surface area (TPSA) is 209 Å². The minimum absolute atomic E-state index is 0. The van der Waals surface area contributed by atoms with Crippen LogP contribution in [0.25, 0.3) is 0 Å². The van der Waals surface area contributed by atoms with E-state index in [9.17, 15) is 34.1 Å². The largest absolute Gasteiger partial charge is 0.527 e. The molecule has 0 saturated carbocycles. The Bertz CT molecular complexity index is 653. The van der Waals surface area contributed by atoms with Crippen LogP contribution in [0.15, 0.2) is 11.5 Å². The number of amides is 1. The highest BCUT2D eigenvalue weighted by Gasteiger charge is 2.43. The van der Waals surface area contributed by atoms with E-state index in [0.29, 0.717) is 0 Å². The van der Waals surface area contributed by atoms with Crippen molar-refractivity contribution in [3.05, 3.63) is 11.5 Å². The van der Waals surface area contributed by atoms with Crippen LogP contribution in [-0.2, 0) is 32.7 Å². The summed E-state index contributed by atoms with van der Waals surface area (Å²) in [4.78, 5) is 42.6. The molecule has 0 aromatic heterocycles. The van der Waals surface area contributed by atoms with Gasteiger partial charge in [-0.3, -0.25) is 19.0 Å². The molecule has 0 saturated heterocycles. The monoisotopic (exact) mass is 449 g/mol. The Labute approximate surface area is 164 Å². The Morgan fingerprint density at radius 1 is 1.32 bits per heavy atom. The number of cyclic esters (lactones) is 1. The number of phosphoric ester groups is 1. The summed E-state index contributed by atoms with van der Waals surface area (Å²) < 4.78 is 25.3. The average molecular weight is 450 g/mol. The molecule has 0 fully saturated rings. The third-order valence-corrected chi connectivity index (χ3v) is 4.05. The van der Waals surface area contributed by atoms with Crippen LogP contribution in [-0.4, -0.2) is 75.1 Å². The minimum Gasteiger partial charge on any atom is -0.505 e. The number of nitrogens with one attached hydrogen (secondary N) is 1. The highest BCUT2D eigenvalue weighted by atomic mass is 35.5. The number of ether oxygens (including phenoxy) is 1. The van der Waals surface area contributed by atoms with Gasteiger partial charge in [-0.05, 0) is 6.42 Å². The van der Waals surface area contributed by atoms with E-state index in [0.717, 1.165) is 0 Å². The van der Waals surface area contributed by atoms with E-state index in [2.05, 4.69) is 19.1 Å². The molecule has 15 heteroatoms. The fourth-order valence-electron chi connectivity index (χ4n) is 1.83. The van der Waals surface area contributed by atoms with Crippen LogP contribution in [0, 0.1) is 0 Å². The first-order chi connectivity index (χ1) is 12.6. The SMILES string of the molecule is Cl.O=C(O)CCC(=O)NCCCOP(=O)(O)OC1=C(O)C([C@@H](O)CO)OC1=O. The van der Waals surface area contributed by atoms with Crippen LogP contribution < -0.4 is 5.32 Å². The van der Waals surface area contributed by atoms with E-state index in [1.807, 2.05) is 0 Å². The molecule has 1 aliphatic rings. The maximum absolute atomic E-state index is 11.8. The lowest BCUT2D eigenvalue weighted by atomic mass is 10.2. The molecule has 1 aliphatic heterocycles. The van der Waals surface area contributed by atoms with Gasteiger partial charge in [-0.1, -0.05) is 0 Å². The van der Waals surface area contributed by atoms with Gasteiger partial charge < -0.3 is 35.0 Å². The van der Waals surface area contributed by atoms with Crippen LogP contribution in [0.1, 0.15) is 19.3 Å². The van der Waals surface area contributed by atoms with E-state index in [-0.39, 0.29) is 44.8 Å². The van der Waals surface area contributed by atoms with Gasteiger partial charge in [0.05, 0.1) is 19.6 Å². The van der Waals surface area contributed by atoms with E-state index in [1.165, 1.54) is 0 Å². The Balaban J connectivity index is 0.00000729. The summed E-state index contributed by atoms with van der Waals surface area (Å²) in [6, 6.07) is 0. The van der Waals surface area contributed by atoms with Crippen molar-refractivity contribution in [1.29, 1.82) is 0 Å². The minimum atomic E-state index is -4.82. The number of phosphoric acid groups is 1. The summed E-state index contributed by atoms with van der Waals surface area (Å²) in [5, 5.41) is 38.6. The van der Waals surface area contributed by atoms with Crippen molar-refractivity contribution >= 4 is 38.1 Å². The van der Waals surface area contributed by atoms with Gasteiger partial charge in [-0.2, -0.15) is 0 Å². The highest BCUT2D eigenvalue weighted by Crippen LogP contribution is 2.47. The summed E-state index contributed by atoms with van der Waals surface area (Å²) in [7, 11) is -4.82. The zero-order chi connectivity index (χ0) is 20.6. The second-order valence-electron chi connectivity index (χ2n) is 5.28. The Kier molecular flexibility index (Phi) is 11.0. The molecule has 1 amide bonds. The van der Waals surface area contributed by atoms with Gasteiger partial charge in [0, 0.05) is 13.0 Å². The van der Waals surface area contributed by atoms with Gasteiger partial charge >= 0.3 is 19.8 Å². The highest BCUT2D eigenvalue weighted by molar-refractivity contribution is 7.47. The maximum Gasteiger partial charge on any atom is 0.527 e. The number of hydrogen-bond acceptors (Lipinski definition) is 10. The third kappa shape index (κ3) is 8.42. The molecular weight excluding hydrogens is 429 g/mol. The van der Waals surface area contributed by atoms with Gasteiger partial charge in [0.1, 0.15) is 6.10 Å². The summed E-state index contributed by atoms with van der Waals surface area (Å²) in [6.07, 6.45) is -3.78. The molecule has 162 valence electrons. The first-order valence-corrected chi connectivity index (χ1v) is 9.15. The van der Waals surface area contributed by atoms with Gasteiger partial charge in [0.15, 0.2) is 11.9 Å². The first-order valence-electron chi connectivity index (χ1n) is 7.66. The van der Waals surface area contributed by atoms with E-state index in [1.54, 1.807) is 0 Å². The van der Waals surface area contributed by atoms with Gasteiger partial charge in [0.25, 0.3) is 5.76 Å². The molecule has 6 N–H and O–H groups in total. The average Bonchev–Trinajstić information content (AvgIpc) is 2.86. The molecule has 28 heavy (non-hydrogen) atoms. The number of esters is 1. The number of carbonyl (C=O) groups excluding carboxylic acids is 2. The second kappa shape index (κ2) is 11.8. The number of aliphatic hydroxyl groups excluding tert-OH is 3. The molecule has 0 bridgehead atoms. The van der Waals surface area contributed by atoms with Crippen molar-refractivity contribution in [1.82, 2.24) is 5.32 Å². The fourth-order valence-corrected chi connectivity index (χ4v) is 2.64. The van der Waals surface area contributed by atoms with Crippen LogP contribution in [0.5, 0.6) is 0 Å². The van der Waals surface area contributed by atoms with Crippen LogP contribution in [0.4, 0.5) is 0 Å². The number of carboxylic acid groups (broad SMARTS) is 1. The molecule has 1 heterocycles. The van der Waals surface area contributed by atoms with Crippen molar-refractivity contribution in [2.45, 2.75) is 31.5 Å². The molecule has 3 atom stereocenters. The molecule has 1 rings (SSSR count).